The van der Waals surface area contributed by atoms with Crippen LogP contribution >= 0.6 is 0 Å². The highest BCUT2D eigenvalue weighted by Crippen LogP contribution is 2.28. The first-order chi connectivity index (χ1) is 14.1. The molecule has 1 aliphatic carbocycles. The van der Waals surface area contributed by atoms with E-state index in [1.807, 2.05) is 4.90 Å². The Morgan fingerprint density at radius 3 is 2.79 bits per heavy atom. The molecule has 5 rings (SSSR count). The van der Waals surface area contributed by atoms with Crippen LogP contribution in [0.3, 0.4) is 0 Å². The first-order valence-electron chi connectivity index (χ1n) is 11.2. The smallest absolute Gasteiger partial charge is 0.225 e. The summed E-state index contributed by atoms with van der Waals surface area (Å²) in [4.78, 5) is 29.1. The monoisotopic (exact) mass is 397 g/mol. The SMILES string of the molecule is O=C(NC1CC1)C1CC(=O)N(CC2CCN(Cc3ccc4c(c3)CCO4)CC2)C1. The Morgan fingerprint density at radius 2 is 2.00 bits per heavy atom. The van der Waals surface area contributed by atoms with Gasteiger partial charge in [-0.1, -0.05) is 12.1 Å². The molecule has 6 nitrogen and oxygen atoms in total. The summed E-state index contributed by atoms with van der Waals surface area (Å²) in [6.45, 7) is 5.37. The zero-order valence-electron chi connectivity index (χ0n) is 17.1. The zero-order valence-corrected chi connectivity index (χ0v) is 17.1. The third-order valence-electron chi connectivity index (χ3n) is 6.85. The standard InChI is InChI=1S/C23H31N3O3/c27-22-12-19(23(28)24-20-2-3-20)15-26(22)14-16-5-8-25(9-6-16)13-17-1-4-21-18(11-17)7-10-29-21/h1,4,11,16,19-20H,2-3,5-10,12-15H2,(H,24,28). The molecule has 0 spiro atoms. The van der Waals surface area contributed by atoms with Gasteiger partial charge in [0.05, 0.1) is 12.5 Å². The van der Waals surface area contributed by atoms with E-state index >= 15 is 0 Å². The maximum atomic E-state index is 12.4. The molecule has 1 aromatic carbocycles. The molecule has 1 N–H and O–H groups in total. The van der Waals surface area contributed by atoms with Crippen molar-refractivity contribution in [1.82, 2.24) is 15.1 Å². The fourth-order valence-corrected chi connectivity index (χ4v) is 4.91. The van der Waals surface area contributed by atoms with Crippen molar-refractivity contribution in [2.24, 2.45) is 11.8 Å². The fourth-order valence-electron chi connectivity index (χ4n) is 4.91. The van der Waals surface area contributed by atoms with E-state index in [0.717, 1.165) is 70.6 Å². The number of amides is 2. The van der Waals surface area contributed by atoms with Crippen LogP contribution < -0.4 is 10.1 Å². The average molecular weight is 398 g/mol. The minimum absolute atomic E-state index is 0.0814. The van der Waals surface area contributed by atoms with E-state index in [-0.39, 0.29) is 17.7 Å². The summed E-state index contributed by atoms with van der Waals surface area (Å²) >= 11 is 0. The summed E-state index contributed by atoms with van der Waals surface area (Å²) < 4.78 is 5.60. The van der Waals surface area contributed by atoms with Crippen LogP contribution in [0.5, 0.6) is 5.75 Å². The highest BCUT2D eigenvalue weighted by molar-refractivity contribution is 5.89. The average Bonchev–Trinajstić information content (AvgIpc) is 3.27. The second kappa shape index (κ2) is 7.98. The van der Waals surface area contributed by atoms with Crippen LogP contribution in [0.1, 0.15) is 43.2 Å². The van der Waals surface area contributed by atoms with Gasteiger partial charge in [0.15, 0.2) is 0 Å². The normalized spacial score (nSPS) is 25.2. The molecule has 4 aliphatic rings. The molecule has 0 aromatic heterocycles. The number of rotatable bonds is 6. The molecule has 1 atom stereocenters. The molecule has 3 fully saturated rings. The topological polar surface area (TPSA) is 61.9 Å². The molecule has 0 bridgehead atoms. The number of piperidine rings is 1. The Bertz CT molecular complexity index is 784. The van der Waals surface area contributed by atoms with Crippen molar-refractivity contribution in [3.05, 3.63) is 29.3 Å². The maximum Gasteiger partial charge on any atom is 0.225 e. The number of benzene rings is 1. The summed E-state index contributed by atoms with van der Waals surface area (Å²) in [5.74, 6) is 1.69. The zero-order chi connectivity index (χ0) is 19.8. The summed E-state index contributed by atoms with van der Waals surface area (Å²) in [5.41, 5.74) is 2.71. The first-order valence-corrected chi connectivity index (χ1v) is 11.2. The number of hydrogen-bond donors (Lipinski definition) is 1. The number of nitrogens with zero attached hydrogens (tertiary/aromatic N) is 2. The van der Waals surface area contributed by atoms with Crippen molar-refractivity contribution in [2.45, 2.75) is 51.1 Å². The lowest BCUT2D eigenvalue weighted by atomic mass is 9.95. The van der Waals surface area contributed by atoms with Crippen LogP contribution in [0.2, 0.25) is 0 Å². The number of nitrogens with one attached hydrogen (secondary N) is 1. The molecule has 0 radical (unpaired) electrons. The molecule has 156 valence electrons. The van der Waals surface area contributed by atoms with Crippen LogP contribution in [-0.2, 0) is 22.6 Å². The van der Waals surface area contributed by atoms with Gasteiger partial charge in [0.2, 0.25) is 11.8 Å². The molecular weight excluding hydrogens is 366 g/mol. The Morgan fingerprint density at radius 1 is 1.17 bits per heavy atom. The largest absolute Gasteiger partial charge is 0.493 e. The van der Waals surface area contributed by atoms with E-state index in [1.54, 1.807) is 0 Å². The van der Waals surface area contributed by atoms with Crippen molar-refractivity contribution in [3.8, 4) is 5.75 Å². The van der Waals surface area contributed by atoms with Gasteiger partial charge >= 0.3 is 0 Å². The molecule has 3 heterocycles. The van der Waals surface area contributed by atoms with E-state index < -0.39 is 0 Å². The van der Waals surface area contributed by atoms with Crippen LogP contribution in [0.15, 0.2) is 18.2 Å². The van der Waals surface area contributed by atoms with Crippen LogP contribution in [-0.4, -0.2) is 60.4 Å². The second-order valence-corrected chi connectivity index (χ2v) is 9.24. The summed E-state index contributed by atoms with van der Waals surface area (Å²) in [6.07, 6.45) is 5.84. The molecule has 3 aliphatic heterocycles. The van der Waals surface area contributed by atoms with Gasteiger partial charge in [-0.15, -0.1) is 0 Å². The van der Waals surface area contributed by atoms with Crippen LogP contribution in [0, 0.1) is 11.8 Å². The Kier molecular flexibility index (Phi) is 5.20. The lowest BCUT2D eigenvalue weighted by molar-refractivity contribution is -0.129. The van der Waals surface area contributed by atoms with Gasteiger partial charge in [0, 0.05) is 38.5 Å². The lowest BCUT2D eigenvalue weighted by Crippen LogP contribution is -2.39. The van der Waals surface area contributed by atoms with E-state index in [2.05, 4.69) is 28.4 Å². The predicted octanol–water partition coefficient (Wildman–Crippen LogP) is 1.96. The number of carbonyl (C=O) groups is 2. The Labute approximate surface area is 172 Å². The lowest BCUT2D eigenvalue weighted by Gasteiger charge is -2.34. The molecule has 2 amide bonds. The summed E-state index contributed by atoms with van der Waals surface area (Å²) in [5, 5.41) is 3.05. The predicted molar refractivity (Wildman–Crippen MR) is 109 cm³/mol. The molecule has 29 heavy (non-hydrogen) atoms. The molecular formula is C23H31N3O3. The van der Waals surface area contributed by atoms with E-state index in [0.29, 0.717) is 24.9 Å². The number of hydrogen-bond acceptors (Lipinski definition) is 4. The Hall–Kier alpha value is -2.08. The molecule has 1 unspecified atom stereocenters. The number of carbonyl (C=O) groups excluding carboxylic acids is 2. The third kappa shape index (κ3) is 4.42. The van der Waals surface area contributed by atoms with E-state index in [1.165, 1.54) is 11.1 Å². The van der Waals surface area contributed by atoms with Crippen molar-refractivity contribution < 1.29 is 14.3 Å². The first kappa shape index (κ1) is 18.9. The highest BCUT2D eigenvalue weighted by atomic mass is 16.5. The number of fused-ring (bicyclic) bond motifs is 1. The van der Waals surface area contributed by atoms with Gasteiger partial charge in [-0.3, -0.25) is 14.5 Å². The van der Waals surface area contributed by atoms with E-state index in [4.69, 9.17) is 4.74 Å². The summed E-state index contributed by atoms with van der Waals surface area (Å²) in [6, 6.07) is 6.96. The van der Waals surface area contributed by atoms with Crippen LogP contribution in [0.4, 0.5) is 0 Å². The van der Waals surface area contributed by atoms with Crippen molar-refractivity contribution in [3.63, 3.8) is 0 Å². The van der Waals surface area contributed by atoms with Crippen molar-refractivity contribution in [1.29, 1.82) is 0 Å². The van der Waals surface area contributed by atoms with Crippen molar-refractivity contribution in [2.75, 3.05) is 32.8 Å². The van der Waals surface area contributed by atoms with Gasteiger partial charge in [0.25, 0.3) is 0 Å². The highest BCUT2D eigenvalue weighted by Gasteiger charge is 2.37. The quantitative estimate of drug-likeness (QED) is 0.797. The van der Waals surface area contributed by atoms with Gasteiger partial charge in [0.1, 0.15) is 5.75 Å². The fraction of sp³-hybridized carbons (Fsp3) is 0.652. The molecule has 1 aromatic rings. The van der Waals surface area contributed by atoms with E-state index in [9.17, 15) is 9.59 Å². The maximum absolute atomic E-state index is 12.4. The molecule has 6 heteroatoms. The third-order valence-corrected chi connectivity index (χ3v) is 6.85. The number of likely N-dealkylation sites (tertiary alicyclic amines) is 2. The second-order valence-electron chi connectivity index (χ2n) is 9.24. The molecule has 1 saturated carbocycles. The minimum Gasteiger partial charge on any atom is -0.493 e. The summed E-state index contributed by atoms with van der Waals surface area (Å²) in [7, 11) is 0. The molecule has 2 saturated heterocycles. The van der Waals surface area contributed by atoms with Gasteiger partial charge < -0.3 is 15.0 Å². The van der Waals surface area contributed by atoms with Gasteiger partial charge in [-0.25, -0.2) is 0 Å². The minimum atomic E-state index is -0.146. The van der Waals surface area contributed by atoms with Crippen LogP contribution in [0.25, 0.3) is 0 Å². The van der Waals surface area contributed by atoms with Gasteiger partial charge in [-0.2, -0.15) is 0 Å². The van der Waals surface area contributed by atoms with Crippen molar-refractivity contribution >= 4 is 11.8 Å². The number of ether oxygens (including phenoxy) is 1. The van der Waals surface area contributed by atoms with Gasteiger partial charge in [-0.05, 0) is 61.9 Å². The Balaban J connectivity index is 1.08.